The van der Waals surface area contributed by atoms with Gasteiger partial charge in [0, 0.05) is 12.8 Å². The lowest BCUT2D eigenvalue weighted by atomic mass is 10.0. The molecule has 11 nitrogen and oxygen atoms in total. The second-order valence-electron chi connectivity index (χ2n) is 7.65. The summed E-state index contributed by atoms with van der Waals surface area (Å²) in [4.78, 5) is 59.9. The standard InChI is InChI=1S/C21H31N5O6/c1-12(2)18(26-17(28)11-22)20(30)25-15(10-13-6-4-3-5-7-13)19(29)24-14(21(31)32)8-9-16(23)27/h3-7,12,14-15,18H,8-11,22H2,1-2H3,(H2,23,27)(H,24,29)(H,25,30)(H,26,28)(H,31,32). The quantitative estimate of drug-likeness (QED) is 0.214. The lowest BCUT2D eigenvalue weighted by molar-refractivity contribution is -0.142. The number of carbonyl (C=O) groups excluding carboxylic acids is 4. The van der Waals surface area contributed by atoms with E-state index in [1.807, 2.05) is 0 Å². The van der Waals surface area contributed by atoms with Gasteiger partial charge in [-0.1, -0.05) is 44.2 Å². The van der Waals surface area contributed by atoms with Gasteiger partial charge < -0.3 is 32.5 Å². The molecular formula is C21H31N5O6. The van der Waals surface area contributed by atoms with E-state index in [-0.39, 0.29) is 31.7 Å². The largest absolute Gasteiger partial charge is 0.480 e. The molecule has 0 aliphatic heterocycles. The number of benzene rings is 1. The highest BCUT2D eigenvalue weighted by molar-refractivity contribution is 5.94. The summed E-state index contributed by atoms with van der Waals surface area (Å²) in [6.07, 6.45) is -0.340. The van der Waals surface area contributed by atoms with Gasteiger partial charge in [0.05, 0.1) is 6.54 Å². The van der Waals surface area contributed by atoms with Crippen LogP contribution in [0.25, 0.3) is 0 Å². The molecule has 32 heavy (non-hydrogen) atoms. The van der Waals surface area contributed by atoms with Crippen molar-refractivity contribution in [1.82, 2.24) is 16.0 Å². The molecule has 0 saturated carbocycles. The van der Waals surface area contributed by atoms with E-state index in [0.717, 1.165) is 5.56 Å². The van der Waals surface area contributed by atoms with Crippen LogP contribution in [0.15, 0.2) is 30.3 Å². The Hall–Kier alpha value is -3.47. The third-order valence-corrected chi connectivity index (χ3v) is 4.66. The number of aliphatic carboxylic acids is 1. The van der Waals surface area contributed by atoms with E-state index in [2.05, 4.69) is 16.0 Å². The first kappa shape index (κ1) is 26.6. The monoisotopic (exact) mass is 449 g/mol. The van der Waals surface area contributed by atoms with Crippen LogP contribution in [-0.4, -0.2) is 59.4 Å². The molecule has 0 aromatic heterocycles. The van der Waals surface area contributed by atoms with E-state index in [9.17, 15) is 29.1 Å². The smallest absolute Gasteiger partial charge is 0.326 e. The second-order valence-corrected chi connectivity index (χ2v) is 7.65. The minimum absolute atomic E-state index is 0.0796. The van der Waals surface area contributed by atoms with Gasteiger partial charge in [-0.2, -0.15) is 0 Å². The van der Waals surface area contributed by atoms with E-state index in [4.69, 9.17) is 11.5 Å². The molecular weight excluding hydrogens is 418 g/mol. The molecule has 11 heteroatoms. The Bertz CT molecular complexity index is 814. The molecule has 0 aliphatic carbocycles. The average molecular weight is 450 g/mol. The van der Waals surface area contributed by atoms with E-state index in [0.29, 0.717) is 0 Å². The number of carbonyl (C=O) groups is 5. The molecule has 1 aromatic carbocycles. The first-order valence-electron chi connectivity index (χ1n) is 10.2. The number of carboxylic acids is 1. The average Bonchev–Trinajstić information content (AvgIpc) is 2.74. The van der Waals surface area contributed by atoms with E-state index in [1.54, 1.807) is 44.2 Å². The SMILES string of the molecule is CC(C)C(NC(=O)CN)C(=O)NC(Cc1ccccc1)C(=O)NC(CCC(N)=O)C(=O)O. The normalized spacial score (nSPS) is 13.5. The molecule has 0 bridgehead atoms. The summed E-state index contributed by atoms with van der Waals surface area (Å²) in [7, 11) is 0. The molecule has 176 valence electrons. The second kappa shape index (κ2) is 13.1. The van der Waals surface area contributed by atoms with Gasteiger partial charge in [0.1, 0.15) is 18.1 Å². The number of hydrogen-bond acceptors (Lipinski definition) is 6. The molecule has 0 spiro atoms. The summed E-state index contributed by atoms with van der Waals surface area (Å²) in [6, 6.07) is 5.39. The Balaban J connectivity index is 3.06. The summed E-state index contributed by atoms with van der Waals surface area (Å²) < 4.78 is 0. The lowest BCUT2D eigenvalue weighted by Gasteiger charge is -2.26. The molecule has 3 atom stereocenters. The first-order chi connectivity index (χ1) is 15.0. The van der Waals surface area contributed by atoms with Crippen LogP contribution in [0, 0.1) is 5.92 Å². The van der Waals surface area contributed by atoms with Gasteiger partial charge in [-0.25, -0.2) is 4.79 Å². The number of primary amides is 1. The number of amides is 4. The molecule has 0 radical (unpaired) electrons. The summed E-state index contributed by atoms with van der Waals surface area (Å²) in [6.45, 7) is 3.14. The Morgan fingerprint density at radius 1 is 0.938 bits per heavy atom. The van der Waals surface area contributed by atoms with E-state index >= 15 is 0 Å². The van der Waals surface area contributed by atoms with Crippen LogP contribution in [0.4, 0.5) is 0 Å². The van der Waals surface area contributed by atoms with Crippen LogP contribution in [0.5, 0.6) is 0 Å². The number of carboxylic acid groups (broad SMARTS) is 1. The minimum atomic E-state index is -1.36. The van der Waals surface area contributed by atoms with Crippen molar-refractivity contribution in [1.29, 1.82) is 0 Å². The van der Waals surface area contributed by atoms with Crippen molar-refractivity contribution in [2.24, 2.45) is 17.4 Å². The molecule has 8 N–H and O–H groups in total. The topological polar surface area (TPSA) is 194 Å². The van der Waals surface area contributed by atoms with E-state index in [1.165, 1.54) is 0 Å². The summed E-state index contributed by atoms with van der Waals surface area (Å²) in [5.41, 5.74) is 11.1. The maximum atomic E-state index is 12.9. The van der Waals surface area contributed by atoms with Crippen LogP contribution >= 0.6 is 0 Å². The van der Waals surface area contributed by atoms with Crippen molar-refractivity contribution in [3.05, 3.63) is 35.9 Å². The van der Waals surface area contributed by atoms with Crippen molar-refractivity contribution in [3.63, 3.8) is 0 Å². The summed E-state index contributed by atoms with van der Waals surface area (Å²) in [5, 5.41) is 16.8. The number of rotatable bonds is 13. The molecule has 0 aliphatic rings. The zero-order chi connectivity index (χ0) is 24.3. The highest BCUT2D eigenvalue weighted by Crippen LogP contribution is 2.08. The molecule has 0 saturated heterocycles. The van der Waals surface area contributed by atoms with Crippen LogP contribution in [0.2, 0.25) is 0 Å². The highest BCUT2D eigenvalue weighted by Gasteiger charge is 2.31. The Morgan fingerprint density at radius 3 is 2.03 bits per heavy atom. The predicted molar refractivity (Wildman–Crippen MR) is 116 cm³/mol. The van der Waals surface area contributed by atoms with Gasteiger partial charge >= 0.3 is 5.97 Å². The van der Waals surface area contributed by atoms with E-state index < -0.39 is 47.7 Å². The fourth-order valence-corrected chi connectivity index (χ4v) is 2.90. The Morgan fingerprint density at radius 2 is 1.53 bits per heavy atom. The van der Waals surface area contributed by atoms with Crippen molar-refractivity contribution >= 4 is 29.6 Å². The van der Waals surface area contributed by atoms with Gasteiger partial charge in [0.2, 0.25) is 23.6 Å². The van der Waals surface area contributed by atoms with Crippen LogP contribution < -0.4 is 27.4 Å². The summed E-state index contributed by atoms with van der Waals surface area (Å²) >= 11 is 0. The van der Waals surface area contributed by atoms with Gasteiger partial charge in [0.25, 0.3) is 0 Å². The molecule has 1 rings (SSSR count). The van der Waals surface area contributed by atoms with Crippen LogP contribution in [0.3, 0.4) is 0 Å². The maximum Gasteiger partial charge on any atom is 0.326 e. The van der Waals surface area contributed by atoms with Crippen molar-refractivity contribution < 1.29 is 29.1 Å². The summed E-state index contributed by atoms with van der Waals surface area (Å²) in [5.74, 6) is -4.21. The van der Waals surface area contributed by atoms with Crippen molar-refractivity contribution in [2.75, 3.05) is 6.54 Å². The lowest BCUT2D eigenvalue weighted by Crippen LogP contribution is -2.58. The van der Waals surface area contributed by atoms with Gasteiger partial charge in [-0.15, -0.1) is 0 Å². The minimum Gasteiger partial charge on any atom is -0.480 e. The van der Waals surface area contributed by atoms with Crippen molar-refractivity contribution in [2.45, 2.75) is 51.2 Å². The van der Waals surface area contributed by atoms with Crippen LogP contribution in [-0.2, 0) is 30.4 Å². The first-order valence-corrected chi connectivity index (χ1v) is 10.2. The fourth-order valence-electron chi connectivity index (χ4n) is 2.90. The zero-order valence-corrected chi connectivity index (χ0v) is 18.2. The maximum absolute atomic E-state index is 12.9. The van der Waals surface area contributed by atoms with Gasteiger partial charge in [-0.3, -0.25) is 19.2 Å². The third kappa shape index (κ3) is 9.13. The number of nitrogens with two attached hydrogens (primary N) is 2. The van der Waals surface area contributed by atoms with Crippen LogP contribution in [0.1, 0.15) is 32.3 Å². The predicted octanol–water partition coefficient (Wildman–Crippen LogP) is -1.35. The molecule has 0 heterocycles. The fraction of sp³-hybridized carbons (Fsp3) is 0.476. The Labute approximate surface area is 186 Å². The number of hydrogen-bond donors (Lipinski definition) is 6. The van der Waals surface area contributed by atoms with Gasteiger partial charge in [0.15, 0.2) is 0 Å². The van der Waals surface area contributed by atoms with Crippen molar-refractivity contribution in [3.8, 4) is 0 Å². The molecule has 3 unspecified atom stereocenters. The van der Waals surface area contributed by atoms with Gasteiger partial charge in [-0.05, 0) is 17.9 Å². The molecule has 1 aromatic rings. The Kier molecular flexibility index (Phi) is 10.8. The molecule has 0 fully saturated rings. The molecule has 4 amide bonds. The number of nitrogens with one attached hydrogen (secondary N) is 3. The third-order valence-electron chi connectivity index (χ3n) is 4.66. The highest BCUT2D eigenvalue weighted by atomic mass is 16.4. The zero-order valence-electron chi connectivity index (χ0n) is 18.2.